The fourth-order valence-corrected chi connectivity index (χ4v) is 3.78. The van der Waals surface area contributed by atoms with Crippen molar-refractivity contribution in [1.29, 1.82) is 0 Å². The highest BCUT2D eigenvalue weighted by molar-refractivity contribution is 5.40. The lowest BCUT2D eigenvalue weighted by molar-refractivity contribution is 0.0496. The zero-order chi connectivity index (χ0) is 19.9. The van der Waals surface area contributed by atoms with Gasteiger partial charge in [0.15, 0.2) is 0 Å². The SMILES string of the molecule is COc1ccc(CN2CCN(Cc3ccc(F)cc3)[C@@H](CCO)C2)c(OC)c1. The van der Waals surface area contributed by atoms with E-state index in [0.29, 0.717) is 0 Å². The number of rotatable bonds is 8. The number of piperazine rings is 1. The van der Waals surface area contributed by atoms with Gasteiger partial charge < -0.3 is 14.6 Å². The van der Waals surface area contributed by atoms with Gasteiger partial charge >= 0.3 is 0 Å². The van der Waals surface area contributed by atoms with E-state index < -0.39 is 0 Å². The summed E-state index contributed by atoms with van der Waals surface area (Å²) < 4.78 is 24.0. The Morgan fingerprint density at radius 3 is 2.50 bits per heavy atom. The molecule has 0 amide bonds. The molecule has 1 saturated heterocycles. The fraction of sp³-hybridized carbons (Fsp3) is 0.455. The van der Waals surface area contributed by atoms with Crippen LogP contribution in [0.15, 0.2) is 42.5 Å². The van der Waals surface area contributed by atoms with E-state index in [-0.39, 0.29) is 18.5 Å². The number of halogens is 1. The first-order valence-corrected chi connectivity index (χ1v) is 9.65. The van der Waals surface area contributed by atoms with Crippen molar-refractivity contribution < 1.29 is 19.0 Å². The minimum absolute atomic E-state index is 0.157. The first-order chi connectivity index (χ1) is 13.6. The van der Waals surface area contributed by atoms with E-state index in [1.165, 1.54) is 12.1 Å². The normalized spacial score (nSPS) is 18.2. The molecule has 0 aliphatic carbocycles. The molecule has 0 bridgehead atoms. The van der Waals surface area contributed by atoms with Gasteiger partial charge in [-0.25, -0.2) is 4.39 Å². The Balaban J connectivity index is 1.65. The molecule has 5 nitrogen and oxygen atoms in total. The van der Waals surface area contributed by atoms with Crippen LogP contribution in [0, 0.1) is 5.82 Å². The zero-order valence-electron chi connectivity index (χ0n) is 16.6. The monoisotopic (exact) mass is 388 g/mol. The topological polar surface area (TPSA) is 45.2 Å². The van der Waals surface area contributed by atoms with Gasteiger partial charge in [-0.1, -0.05) is 18.2 Å². The van der Waals surface area contributed by atoms with Crippen LogP contribution in [0.1, 0.15) is 17.5 Å². The molecular formula is C22H29FN2O3. The second-order valence-electron chi connectivity index (χ2n) is 7.18. The molecule has 1 aliphatic rings. The van der Waals surface area contributed by atoms with Gasteiger partial charge in [-0.05, 0) is 30.2 Å². The molecule has 0 radical (unpaired) electrons. The highest BCUT2D eigenvalue weighted by Gasteiger charge is 2.27. The third-order valence-corrected chi connectivity index (χ3v) is 5.34. The maximum absolute atomic E-state index is 13.2. The summed E-state index contributed by atoms with van der Waals surface area (Å²) in [6.07, 6.45) is 0.720. The molecule has 2 aromatic rings. The van der Waals surface area contributed by atoms with Crippen LogP contribution in [-0.2, 0) is 13.1 Å². The molecule has 28 heavy (non-hydrogen) atoms. The number of aliphatic hydroxyl groups excluding tert-OH is 1. The largest absolute Gasteiger partial charge is 0.497 e. The van der Waals surface area contributed by atoms with Crippen molar-refractivity contribution >= 4 is 0 Å². The number of benzene rings is 2. The van der Waals surface area contributed by atoms with Crippen LogP contribution in [0.3, 0.4) is 0 Å². The number of hydrogen-bond donors (Lipinski definition) is 1. The highest BCUT2D eigenvalue weighted by atomic mass is 19.1. The van der Waals surface area contributed by atoms with Crippen LogP contribution in [0.2, 0.25) is 0 Å². The zero-order valence-corrected chi connectivity index (χ0v) is 16.6. The summed E-state index contributed by atoms with van der Waals surface area (Å²) in [5, 5.41) is 9.53. The Morgan fingerprint density at radius 1 is 1.04 bits per heavy atom. The number of hydrogen-bond acceptors (Lipinski definition) is 5. The predicted octanol–water partition coefficient (Wildman–Crippen LogP) is 2.91. The molecule has 3 rings (SSSR count). The molecule has 6 heteroatoms. The van der Waals surface area contributed by atoms with Gasteiger partial charge in [0.1, 0.15) is 17.3 Å². The molecule has 2 aromatic carbocycles. The van der Waals surface area contributed by atoms with Gasteiger partial charge in [0.05, 0.1) is 14.2 Å². The van der Waals surface area contributed by atoms with Crippen LogP contribution in [0.5, 0.6) is 11.5 Å². The van der Waals surface area contributed by atoms with Gasteiger partial charge in [0.25, 0.3) is 0 Å². The van der Waals surface area contributed by atoms with Gasteiger partial charge in [0.2, 0.25) is 0 Å². The van der Waals surface area contributed by atoms with E-state index >= 15 is 0 Å². The average Bonchev–Trinajstić information content (AvgIpc) is 2.72. The Bertz CT molecular complexity index is 754. The molecule has 1 atom stereocenters. The minimum Gasteiger partial charge on any atom is -0.497 e. The van der Waals surface area contributed by atoms with E-state index in [4.69, 9.17) is 9.47 Å². The van der Waals surface area contributed by atoms with Gasteiger partial charge in [-0.2, -0.15) is 0 Å². The summed E-state index contributed by atoms with van der Waals surface area (Å²) >= 11 is 0. The third kappa shape index (κ3) is 5.22. The molecule has 0 unspecified atom stereocenters. The summed E-state index contributed by atoms with van der Waals surface area (Å²) in [4.78, 5) is 4.77. The molecule has 1 aliphatic heterocycles. The standard InChI is InChI=1S/C22H29FN2O3/c1-27-21-8-5-18(22(13-21)28-2)15-24-10-11-25(20(16-24)9-12-26)14-17-3-6-19(23)7-4-17/h3-8,13,20,26H,9-12,14-16H2,1-2H3/t20-/m0/s1. The number of methoxy groups -OCH3 is 2. The fourth-order valence-electron chi connectivity index (χ4n) is 3.78. The lowest BCUT2D eigenvalue weighted by Gasteiger charge is -2.41. The lowest BCUT2D eigenvalue weighted by Crippen LogP contribution is -2.52. The number of aliphatic hydroxyl groups is 1. The van der Waals surface area contributed by atoms with Gasteiger partial charge in [-0.3, -0.25) is 9.80 Å². The van der Waals surface area contributed by atoms with E-state index in [0.717, 1.165) is 61.8 Å². The second kappa shape index (κ2) is 9.87. The Morgan fingerprint density at radius 2 is 1.82 bits per heavy atom. The summed E-state index contributed by atoms with van der Waals surface area (Å²) in [5.74, 6) is 1.39. The molecular weight excluding hydrogens is 359 g/mol. The van der Waals surface area contributed by atoms with Gasteiger partial charge in [0, 0.05) is 57.0 Å². The molecule has 152 valence electrons. The predicted molar refractivity (Wildman–Crippen MR) is 107 cm³/mol. The number of nitrogens with zero attached hydrogens (tertiary/aromatic N) is 2. The smallest absolute Gasteiger partial charge is 0.127 e. The molecule has 1 heterocycles. The maximum atomic E-state index is 13.2. The second-order valence-corrected chi connectivity index (χ2v) is 7.18. The van der Waals surface area contributed by atoms with Crippen molar-refractivity contribution in [3.8, 4) is 11.5 Å². The summed E-state index contributed by atoms with van der Waals surface area (Å²) in [7, 11) is 3.32. The van der Waals surface area contributed by atoms with Crippen molar-refractivity contribution in [3.63, 3.8) is 0 Å². The minimum atomic E-state index is -0.214. The van der Waals surface area contributed by atoms with E-state index in [9.17, 15) is 9.50 Å². The van der Waals surface area contributed by atoms with Crippen LogP contribution < -0.4 is 9.47 Å². The highest BCUT2D eigenvalue weighted by Crippen LogP contribution is 2.27. The Hall–Kier alpha value is -2.15. The van der Waals surface area contributed by atoms with Crippen molar-refractivity contribution in [2.75, 3.05) is 40.5 Å². The first kappa shape index (κ1) is 20.6. The van der Waals surface area contributed by atoms with Crippen molar-refractivity contribution in [1.82, 2.24) is 9.80 Å². The summed E-state index contributed by atoms with van der Waals surface area (Å²) in [6, 6.07) is 12.8. The van der Waals surface area contributed by atoms with Crippen molar-refractivity contribution in [2.24, 2.45) is 0 Å². The first-order valence-electron chi connectivity index (χ1n) is 9.65. The molecule has 0 saturated carbocycles. The van der Waals surface area contributed by atoms with E-state index in [1.54, 1.807) is 14.2 Å². The molecule has 1 N–H and O–H groups in total. The molecule has 1 fully saturated rings. The van der Waals surface area contributed by atoms with Gasteiger partial charge in [-0.15, -0.1) is 0 Å². The van der Waals surface area contributed by atoms with Crippen molar-refractivity contribution in [3.05, 3.63) is 59.4 Å². The van der Waals surface area contributed by atoms with Crippen LogP contribution in [-0.4, -0.2) is 61.4 Å². The average molecular weight is 388 g/mol. The maximum Gasteiger partial charge on any atom is 0.127 e. The van der Waals surface area contributed by atoms with E-state index in [2.05, 4.69) is 9.80 Å². The quantitative estimate of drug-likeness (QED) is 0.753. The summed E-state index contributed by atoms with van der Waals surface area (Å²) in [6.45, 7) is 4.42. The molecule has 0 spiro atoms. The van der Waals surface area contributed by atoms with Crippen LogP contribution in [0.25, 0.3) is 0 Å². The van der Waals surface area contributed by atoms with E-state index in [1.807, 2.05) is 30.3 Å². The molecule has 0 aromatic heterocycles. The Labute approximate surface area is 166 Å². The lowest BCUT2D eigenvalue weighted by atomic mass is 10.1. The van der Waals surface area contributed by atoms with Crippen molar-refractivity contribution in [2.45, 2.75) is 25.6 Å². The number of ether oxygens (including phenoxy) is 2. The Kier molecular flexibility index (Phi) is 7.25. The third-order valence-electron chi connectivity index (χ3n) is 5.34. The van der Waals surface area contributed by atoms with Crippen LogP contribution >= 0.6 is 0 Å². The van der Waals surface area contributed by atoms with Crippen LogP contribution in [0.4, 0.5) is 4.39 Å². The summed E-state index contributed by atoms with van der Waals surface area (Å²) in [5.41, 5.74) is 2.22.